The molecule has 22 heavy (non-hydrogen) atoms. The van der Waals surface area contributed by atoms with Crippen LogP contribution >= 0.6 is 11.3 Å². The maximum Gasteiger partial charge on any atom is 0.326 e. The fraction of sp³-hybridized carbons (Fsp3) is 0.562. The lowest BCUT2D eigenvalue weighted by atomic mass is 9.97. The molecule has 2 heterocycles. The lowest BCUT2D eigenvalue weighted by molar-refractivity contribution is -0.149. The van der Waals surface area contributed by atoms with Gasteiger partial charge in [-0.25, -0.2) is 4.98 Å². The third kappa shape index (κ3) is 2.79. The summed E-state index contributed by atoms with van der Waals surface area (Å²) in [4.78, 5) is 31.0. The van der Waals surface area contributed by atoms with Crippen molar-refractivity contribution in [2.45, 2.75) is 58.6 Å². The van der Waals surface area contributed by atoms with Crippen LogP contribution in [0.25, 0.3) is 10.2 Å². The third-order valence-corrected chi connectivity index (χ3v) is 5.35. The normalized spacial score (nSPS) is 15.5. The van der Waals surface area contributed by atoms with Crippen molar-refractivity contribution in [3.8, 4) is 0 Å². The Morgan fingerprint density at radius 2 is 2.23 bits per heavy atom. The van der Waals surface area contributed by atoms with Crippen LogP contribution in [0.3, 0.4) is 0 Å². The zero-order chi connectivity index (χ0) is 15.7. The van der Waals surface area contributed by atoms with E-state index in [1.165, 1.54) is 22.2 Å². The second kappa shape index (κ2) is 6.20. The zero-order valence-electron chi connectivity index (χ0n) is 12.9. The Morgan fingerprint density at radius 3 is 3.00 bits per heavy atom. The molecule has 0 saturated heterocycles. The van der Waals surface area contributed by atoms with Gasteiger partial charge in [-0.3, -0.25) is 14.2 Å². The van der Waals surface area contributed by atoms with Crippen LogP contribution in [-0.2, 0) is 28.9 Å². The van der Waals surface area contributed by atoms with Crippen molar-refractivity contribution < 1.29 is 9.53 Å². The van der Waals surface area contributed by atoms with E-state index in [0.29, 0.717) is 5.39 Å². The molecule has 0 aromatic carbocycles. The van der Waals surface area contributed by atoms with E-state index in [0.717, 1.165) is 36.1 Å². The lowest BCUT2D eigenvalue weighted by Crippen LogP contribution is -2.27. The highest BCUT2D eigenvalue weighted by atomic mass is 32.1. The Balaban J connectivity index is 1.93. The second-order valence-electron chi connectivity index (χ2n) is 5.78. The number of ether oxygens (including phenoxy) is 1. The minimum absolute atomic E-state index is 0.0727. The zero-order valence-corrected chi connectivity index (χ0v) is 13.7. The van der Waals surface area contributed by atoms with Crippen LogP contribution in [0.2, 0.25) is 0 Å². The van der Waals surface area contributed by atoms with E-state index >= 15 is 0 Å². The molecule has 1 aliphatic rings. The summed E-state index contributed by atoms with van der Waals surface area (Å²) in [7, 11) is 0. The van der Waals surface area contributed by atoms with Gasteiger partial charge in [0.25, 0.3) is 5.56 Å². The van der Waals surface area contributed by atoms with E-state index < -0.39 is 0 Å². The number of fused-ring (bicyclic) bond motifs is 3. The number of thiophene rings is 1. The topological polar surface area (TPSA) is 61.2 Å². The highest BCUT2D eigenvalue weighted by Crippen LogP contribution is 2.33. The van der Waals surface area contributed by atoms with Crippen LogP contribution in [0.1, 0.15) is 43.6 Å². The molecule has 0 unspecified atom stereocenters. The van der Waals surface area contributed by atoms with Gasteiger partial charge in [0.05, 0.1) is 17.8 Å². The van der Waals surface area contributed by atoms with Gasteiger partial charge >= 0.3 is 5.97 Å². The number of aryl methyl sites for hydroxylation is 2. The summed E-state index contributed by atoms with van der Waals surface area (Å²) in [6.45, 7) is 3.73. The number of esters is 1. The average molecular weight is 320 g/mol. The van der Waals surface area contributed by atoms with E-state index in [2.05, 4.69) is 4.98 Å². The van der Waals surface area contributed by atoms with Crippen LogP contribution in [0.5, 0.6) is 0 Å². The first kappa shape index (κ1) is 15.2. The van der Waals surface area contributed by atoms with Crippen molar-refractivity contribution in [3.05, 3.63) is 27.1 Å². The number of aromatic nitrogens is 2. The molecule has 0 spiro atoms. The summed E-state index contributed by atoms with van der Waals surface area (Å²) in [5.74, 6) is -0.387. The summed E-state index contributed by atoms with van der Waals surface area (Å²) in [5.41, 5.74) is 1.03. The minimum atomic E-state index is -0.387. The minimum Gasteiger partial charge on any atom is -0.461 e. The van der Waals surface area contributed by atoms with Crippen LogP contribution in [0.4, 0.5) is 0 Å². The number of carbonyl (C=O) groups excluding carboxylic acids is 1. The average Bonchev–Trinajstić information content (AvgIpc) is 2.89. The maximum absolute atomic E-state index is 12.7. The quantitative estimate of drug-likeness (QED) is 0.813. The Kier molecular flexibility index (Phi) is 4.29. The first-order valence-electron chi connectivity index (χ1n) is 7.79. The molecule has 1 atom stereocenters. The van der Waals surface area contributed by atoms with Crippen LogP contribution in [-0.4, -0.2) is 21.6 Å². The predicted octanol–water partition coefficient (Wildman–Crippen LogP) is 2.68. The van der Waals surface area contributed by atoms with Crippen LogP contribution in [0, 0.1) is 0 Å². The van der Waals surface area contributed by atoms with Gasteiger partial charge in [-0.05, 0) is 44.6 Å². The van der Waals surface area contributed by atoms with Crippen molar-refractivity contribution in [1.29, 1.82) is 0 Å². The molecule has 0 fully saturated rings. The Bertz CT molecular complexity index is 763. The summed E-state index contributed by atoms with van der Waals surface area (Å²) >= 11 is 1.62. The molecule has 0 saturated carbocycles. The highest BCUT2D eigenvalue weighted by molar-refractivity contribution is 7.18. The van der Waals surface area contributed by atoms with Crippen LogP contribution < -0.4 is 5.56 Å². The van der Waals surface area contributed by atoms with Gasteiger partial charge in [0, 0.05) is 4.88 Å². The fourth-order valence-corrected chi connectivity index (χ4v) is 4.00. The van der Waals surface area contributed by atoms with Crippen molar-refractivity contribution in [1.82, 2.24) is 9.55 Å². The molecule has 0 amide bonds. The van der Waals surface area contributed by atoms with E-state index in [1.807, 2.05) is 13.8 Å². The van der Waals surface area contributed by atoms with Crippen molar-refractivity contribution in [2.24, 2.45) is 0 Å². The molecule has 0 N–H and O–H groups in total. The Morgan fingerprint density at radius 1 is 1.45 bits per heavy atom. The Labute approximate surface area is 132 Å². The van der Waals surface area contributed by atoms with Gasteiger partial charge in [-0.1, -0.05) is 6.92 Å². The third-order valence-electron chi connectivity index (χ3n) is 4.15. The first-order chi connectivity index (χ1) is 10.6. The molecule has 1 aliphatic carbocycles. The molecule has 2 aromatic heterocycles. The molecular formula is C16H20N2O3S. The smallest absolute Gasteiger partial charge is 0.326 e. The van der Waals surface area contributed by atoms with Crippen molar-refractivity contribution in [2.75, 3.05) is 0 Å². The standard InChI is InChI=1S/C16H20N2O3S/c1-3-10(2)21-13(19)8-18-9-17-15-14(16(18)20)11-6-4-5-7-12(11)22-15/h9-10H,3-8H2,1-2H3/t10-/m0/s1. The van der Waals surface area contributed by atoms with Gasteiger partial charge in [0.15, 0.2) is 0 Å². The summed E-state index contributed by atoms with van der Waals surface area (Å²) in [5, 5.41) is 0.707. The number of nitrogens with zero attached hydrogens (tertiary/aromatic N) is 2. The number of rotatable bonds is 4. The van der Waals surface area contributed by atoms with E-state index in [4.69, 9.17) is 4.74 Å². The summed E-state index contributed by atoms with van der Waals surface area (Å²) in [6.07, 6.45) is 6.35. The number of hydrogen-bond acceptors (Lipinski definition) is 5. The van der Waals surface area contributed by atoms with Gasteiger partial charge in [0.2, 0.25) is 0 Å². The van der Waals surface area contributed by atoms with E-state index in [-0.39, 0.29) is 24.2 Å². The SMILES string of the molecule is CC[C@H](C)OC(=O)Cn1cnc2sc3c(c2c1=O)CCCC3. The Hall–Kier alpha value is -1.69. The van der Waals surface area contributed by atoms with E-state index in [1.54, 1.807) is 11.3 Å². The molecule has 0 aliphatic heterocycles. The summed E-state index contributed by atoms with van der Waals surface area (Å²) < 4.78 is 6.61. The monoisotopic (exact) mass is 320 g/mol. The fourth-order valence-electron chi connectivity index (χ4n) is 2.78. The van der Waals surface area contributed by atoms with Gasteiger partial charge in [0.1, 0.15) is 11.4 Å². The molecular weight excluding hydrogens is 300 g/mol. The second-order valence-corrected chi connectivity index (χ2v) is 6.86. The molecule has 0 radical (unpaired) electrons. The number of hydrogen-bond donors (Lipinski definition) is 0. The summed E-state index contributed by atoms with van der Waals surface area (Å²) in [6, 6.07) is 0. The van der Waals surface area contributed by atoms with Gasteiger partial charge < -0.3 is 4.74 Å². The van der Waals surface area contributed by atoms with Crippen molar-refractivity contribution >= 4 is 27.5 Å². The van der Waals surface area contributed by atoms with Crippen molar-refractivity contribution in [3.63, 3.8) is 0 Å². The van der Waals surface area contributed by atoms with Crippen LogP contribution in [0.15, 0.2) is 11.1 Å². The largest absolute Gasteiger partial charge is 0.461 e. The molecule has 118 valence electrons. The molecule has 6 heteroatoms. The maximum atomic E-state index is 12.7. The lowest BCUT2D eigenvalue weighted by Gasteiger charge is -2.12. The number of carbonyl (C=O) groups is 1. The first-order valence-corrected chi connectivity index (χ1v) is 8.61. The highest BCUT2D eigenvalue weighted by Gasteiger charge is 2.20. The molecule has 3 rings (SSSR count). The molecule has 2 aromatic rings. The predicted molar refractivity (Wildman–Crippen MR) is 86.4 cm³/mol. The molecule has 0 bridgehead atoms. The molecule has 5 nitrogen and oxygen atoms in total. The van der Waals surface area contributed by atoms with Gasteiger partial charge in [-0.15, -0.1) is 11.3 Å². The van der Waals surface area contributed by atoms with E-state index in [9.17, 15) is 9.59 Å². The van der Waals surface area contributed by atoms with Gasteiger partial charge in [-0.2, -0.15) is 0 Å².